The van der Waals surface area contributed by atoms with Gasteiger partial charge in [-0.3, -0.25) is 9.59 Å². The number of methoxy groups -OCH3 is 1. The Bertz CT molecular complexity index is 1350. The van der Waals surface area contributed by atoms with E-state index in [1.54, 1.807) is 24.3 Å². The molecule has 4 rings (SSSR count). The molecule has 1 N–H and O–H groups in total. The molecule has 1 fully saturated rings. The number of ketones is 1. The molecule has 38 heavy (non-hydrogen) atoms. The second-order valence-corrected chi connectivity index (χ2v) is 9.69. The van der Waals surface area contributed by atoms with Gasteiger partial charge in [0.15, 0.2) is 5.75 Å². The number of carbonyl (C=O) groups is 2. The number of nitrogens with zero attached hydrogens (tertiary/aromatic N) is 1. The van der Waals surface area contributed by atoms with Crippen molar-refractivity contribution in [2.45, 2.75) is 26.0 Å². The molecule has 0 aliphatic carbocycles. The van der Waals surface area contributed by atoms with Crippen LogP contribution in [0.1, 0.15) is 31.0 Å². The van der Waals surface area contributed by atoms with Crippen LogP contribution in [0.5, 0.6) is 17.2 Å². The Balaban J connectivity index is 1.81. The van der Waals surface area contributed by atoms with E-state index in [1.807, 2.05) is 44.2 Å². The summed E-state index contributed by atoms with van der Waals surface area (Å²) >= 11 is 12.6. The number of ether oxygens (including phenoxy) is 3. The molecule has 0 saturated carbocycles. The molecule has 0 radical (unpaired) electrons. The van der Waals surface area contributed by atoms with Gasteiger partial charge < -0.3 is 24.2 Å². The van der Waals surface area contributed by atoms with E-state index in [9.17, 15) is 14.7 Å². The van der Waals surface area contributed by atoms with Gasteiger partial charge in [0.25, 0.3) is 11.7 Å². The number of benzene rings is 3. The Hall–Kier alpha value is -3.52. The van der Waals surface area contributed by atoms with Gasteiger partial charge in [0.05, 0.1) is 41.5 Å². The summed E-state index contributed by atoms with van der Waals surface area (Å²) in [5, 5.41) is 11.6. The van der Waals surface area contributed by atoms with Gasteiger partial charge >= 0.3 is 0 Å². The van der Waals surface area contributed by atoms with E-state index < -0.39 is 23.5 Å². The number of aliphatic hydroxyl groups excluding tert-OH is 1. The summed E-state index contributed by atoms with van der Waals surface area (Å²) in [6.07, 6.45) is -0.0588. The minimum atomic E-state index is -0.898. The number of Topliss-reactive ketones (excluding diaryl/α,β-unsaturated/α-hetero) is 1. The minimum Gasteiger partial charge on any atom is -0.507 e. The quantitative estimate of drug-likeness (QED) is 0.181. The van der Waals surface area contributed by atoms with Crippen LogP contribution in [0.25, 0.3) is 5.76 Å². The molecule has 1 amide bonds. The molecular formula is C29H27Cl2NO6. The number of amides is 1. The molecule has 198 valence electrons. The normalized spacial score (nSPS) is 16.8. The number of rotatable bonds is 9. The molecule has 7 nitrogen and oxygen atoms in total. The van der Waals surface area contributed by atoms with Gasteiger partial charge in [-0.1, -0.05) is 53.5 Å². The van der Waals surface area contributed by atoms with E-state index in [4.69, 9.17) is 37.4 Å². The average Bonchev–Trinajstić information content (AvgIpc) is 3.13. The van der Waals surface area contributed by atoms with Gasteiger partial charge in [0, 0.05) is 12.1 Å². The van der Waals surface area contributed by atoms with Crippen LogP contribution in [0.4, 0.5) is 0 Å². The predicted octanol–water partition coefficient (Wildman–Crippen LogP) is 6.64. The van der Waals surface area contributed by atoms with Crippen LogP contribution in [0.3, 0.4) is 0 Å². The molecule has 0 spiro atoms. The van der Waals surface area contributed by atoms with Crippen molar-refractivity contribution in [2.24, 2.45) is 0 Å². The van der Waals surface area contributed by atoms with Crippen LogP contribution in [0.15, 0.2) is 72.3 Å². The van der Waals surface area contributed by atoms with E-state index in [2.05, 4.69) is 0 Å². The SMILES string of the molecule is COc1c(Cl)cc(/C(O)=C2\C(=O)C(=O)N(CCOC(C)C)C2c2cccc(Oc3ccccc3)c2)cc1Cl. The van der Waals surface area contributed by atoms with Crippen molar-refractivity contribution >= 4 is 40.7 Å². The van der Waals surface area contributed by atoms with E-state index in [-0.39, 0.29) is 46.2 Å². The number of aliphatic hydroxyl groups is 1. The number of carbonyl (C=O) groups excluding carboxylic acids is 2. The summed E-state index contributed by atoms with van der Waals surface area (Å²) in [7, 11) is 1.42. The molecule has 1 atom stereocenters. The van der Waals surface area contributed by atoms with Gasteiger partial charge in [-0.05, 0) is 55.8 Å². The highest BCUT2D eigenvalue weighted by atomic mass is 35.5. The number of hydrogen-bond acceptors (Lipinski definition) is 6. The van der Waals surface area contributed by atoms with Gasteiger partial charge in [0.2, 0.25) is 0 Å². The fraction of sp³-hybridized carbons (Fsp3) is 0.241. The molecule has 9 heteroatoms. The first kappa shape index (κ1) is 27.5. The summed E-state index contributed by atoms with van der Waals surface area (Å²) in [5.74, 6) is -0.599. The van der Waals surface area contributed by atoms with Crippen LogP contribution >= 0.6 is 23.2 Å². The van der Waals surface area contributed by atoms with Crippen molar-refractivity contribution < 1.29 is 28.9 Å². The second-order valence-electron chi connectivity index (χ2n) is 8.87. The lowest BCUT2D eigenvalue weighted by molar-refractivity contribution is -0.140. The molecule has 3 aromatic carbocycles. The third-order valence-corrected chi connectivity index (χ3v) is 6.51. The molecule has 0 aromatic heterocycles. The Morgan fingerprint density at radius 1 is 0.974 bits per heavy atom. The van der Waals surface area contributed by atoms with Crippen LogP contribution in [0, 0.1) is 0 Å². The summed E-state index contributed by atoms with van der Waals surface area (Å²) < 4.78 is 16.8. The molecule has 1 unspecified atom stereocenters. The van der Waals surface area contributed by atoms with Crippen LogP contribution in [0.2, 0.25) is 10.0 Å². The highest BCUT2D eigenvalue weighted by Gasteiger charge is 2.46. The first-order valence-corrected chi connectivity index (χ1v) is 12.7. The molecule has 1 aliphatic rings. The Labute approximate surface area is 231 Å². The van der Waals surface area contributed by atoms with E-state index >= 15 is 0 Å². The minimum absolute atomic E-state index is 0.0588. The van der Waals surface area contributed by atoms with Crippen molar-refractivity contribution in [3.8, 4) is 17.2 Å². The van der Waals surface area contributed by atoms with Crippen LogP contribution in [-0.4, -0.2) is 48.1 Å². The maximum atomic E-state index is 13.3. The topological polar surface area (TPSA) is 85.3 Å². The molecule has 0 bridgehead atoms. The number of halogens is 2. The lowest BCUT2D eigenvalue weighted by Gasteiger charge is -2.26. The maximum Gasteiger partial charge on any atom is 0.295 e. The van der Waals surface area contributed by atoms with Gasteiger partial charge in [-0.25, -0.2) is 0 Å². The van der Waals surface area contributed by atoms with Crippen LogP contribution < -0.4 is 9.47 Å². The van der Waals surface area contributed by atoms with Gasteiger partial charge in [-0.2, -0.15) is 0 Å². The van der Waals surface area contributed by atoms with Crippen molar-refractivity contribution in [3.63, 3.8) is 0 Å². The molecular weight excluding hydrogens is 529 g/mol. The second kappa shape index (κ2) is 11.9. The summed E-state index contributed by atoms with van der Waals surface area (Å²) in [6, 6.07) is 18.2. The Morgan fingerprint density at radius 3 is 2.26 bits per heavy atom. The van der Waals surface area contributed by atoms with E-state index in [0.717, 1.165) is 0 Å². The lowest BCUT2D eigenvalue weighted by Crippen LogP contribution is -2.33. The summed E-state index contributed by atoms with van der Waals surface area (Å²) in [5.41, 5.74) is 0.669. The third-order valence-electron chi connectivity index (χ3n) is 5.95. The largest absolute Gasteiger partial charge is 0.507 e. The van der Waals surface area contributed by atoms with Crippen molar-refractivity contribution in [3.05, 3.63) is 93.5 Å². The zero-order valence-corrected chi connectivity index (χ0v) is 22.6. The Kier molecular flexibility index (Phi) is 8.62. The highest BCUT2D eigenvalue weighted by molar-refractivity contribution is 6.46. The smallest absolute Gasteiger partial charge is 0.295 e. The molecule has 1 saturated heterocycles. The van der Waals surface area contributed by atoms with E-state index in [0.29, 0.717) is 17.1 Å². The summed E-state index contributed by atoms with van der Waals surface area (Å²) in [4.78, 5) is 27.9. The number of hydrogen-bond donors (Lipinski definition) is 1. The lowest BCUT2D eigenvalue weighted by atomic mass is 9.95. The first-order chi connectivity index (χ1) is 18.2. The zero-order valence-electron chi connectivity index (χ0n) is 21.1. The molecule has 3 aromatic rings. The number of likely N-dealkylation sites (tertiary alicyclic amines) is 1. The average molecular weight is 556 g/mol. The third kappa shape index (κ3) is 5.80. The molecule has 1 heterocycles. The number of para-hydroxylation sites is 1. The standard InChI is InChI=1S/C29H27Cl2NO6/c1-17(2)37-13-12-32-25(18-8-7-11-21(14-18)38-20-9-5-4-6-10-20)24(27(34)29(32)35)26(33)19-15-22(30)28(36-3)23(31)16-19/h4-11,14-17,25,33H,12-13H2,1-3H3/b26-24+. The Morgan fingerprint density at radius 2 is 1.63 bits per heavy atom. The predicted molar refractivity (Wildman–Crippen MR) is 146 cm³/mol. The van der Waals surface area contributed by atoms with Gasteiger partial charge in [-0.15, -0.1) is 0 Å². The maximum absolute atomic E-state index is 13.3. The van der Waals surface area contributed by atoms with Crippen LogP contribution in [-0.2, 0) is 14.3 Å². The van der Waals surface area contributed by atoms with Crippen molar-refractivity contribution in [1.29, 1.82) is 0 Å². The van der Waals surface area contributed by atoms with Gasteiger partial charge in [0.1, 0.15) is 17.3 Å². The zero-order chi connectivity index (χ0) is 27.4. The monoisotopic (exact) mass is 555 g/mol. The summed E-state index contributed by atoms with van der Waals surface area (Å²) in [6.45, 7) is 4.11. The molecule has 1 aliphatic heterocycles. The fourth-order valence-electron chi connectivity index (χ4n) is 4.26. The van der Waals surface area contributed by atoms with Crippen molar-refractivity contribution in [2.75, 3.05) is 20.3 Å². The highest BCUT2D eigenvalue weighted by Crippen LogP contribution is 2.42. The van der Waals surface area contributed by atoms with Crippen molar-refractivity contribution in [1.82, 2.24) is 4.90 Å². The van der Waals surface area contributed by atoms with E-state index in [1.165, 1.54) is 24.1 Å². The fourth-order valence-corrected chi connectivity index (χ4v) is 4.91. The first-order valence-electron chi connectivity index (χ1n) is 12.0.